The van der Waals surface area contributed by atoms with Crippen molar-refractivity contribution >= 4 is 33.5 Å². The van der Waals surface area contributed by atoms with Gasteiger partial charge in [-0.25, -0.2) is 0 Å². The van der Waals surface area contributed by atoms with Crippen molar-refractivity contribution < 1.29 is 12.7 Å². The van der Waals surface area contributed by atoms with Gasteiger partial charge in [-0.2, -0.15) is 0 Å². The minimum Gasteiger partial charge on any atom is -0.454 e. The Morgan fingerprint density at radius 1 is 0.810 bits per heavy atom. The lowest BCUT2D eigenvalue weighted by Gasteiger charge is -2.38. The summed E-state index contributed by atoms with van der Waals surface area (Å²) in [5, 5.41) is 3.19. The van der Waals surface area contributed by atoms with Gasteiger partial charge in [-0.05, 0) is 58.9 Å². The molecule has 1 unspecified atom stereocenters. The van der Waals surface area contributed by atoms with Crippen LogP contribution in [0.25, 0.3) is 0 Å². The third kappa shape index (κ3) is 11.8. The molecule has 128 valence electrons. The summed E-state index contributed by atoms with van der Waals surface area (Å²) in [5.41, 5.74) is 5.57. The van der Waals surface area contributed by atoms with Gasteiger partial charge >= 0.3 is 8.56 Å². The van der Waals surface area contributed by atoms with E-state index < -0.39 is 33.5 Å². The highest BCUT2D eigenvalue weighted by atomic mass is 28.4. The van der Waals surface area contributed by atoms with Crippen LogP contribution in [0.3, 0.4) is 0 Å². The van der Waals surface area contributed by atoms with E-state index >= 15 is 0 Å². The standard InChI is InChI=1S/C12H36N2O3Si4/c1-18(2,3)16-20(7,8)12-15-21(9,11-14-10-13)17-19(4,5)6/h14H,10-13H2,1-9H3. The average molecular weight is 369 g/mol. The van der Waals surface area contributed by atoms with E-state index in [-0.39, 0.29) is 0 Å². The summed E-state index contributed by atoms with van der Waals surface area (Å²) in [4.78, 5) is 0. The molecule has 3 N–H and O–H groups in total. The first-order chi connectivity index (χ1) is 9.18. The van der Waals surface area contributed by atoms with Crippen molar-refractivity contribution in [3.05, 3.63) is 0 Å². The molecule has 0 bridgehead atoms. The van der Waals surface area contributed by atoms with E-state index in [1.165, 1.54) is 0 Å². The summed E-state index contributed by atoms with van der Waals surface area (Å²) in [7, 11) is -7.24. The fourth-order valence-corrected chi connectivity index (χ4v) is 18.1. The predicted octanol–water partition coefficient (Wildman–Crippen LogP) is 2.57. The largest absolute Gasteiger partial charge is 0.454 e. The van der Waals surface area contributed by atoms with E-state index in [4.69, 9.17) is 18.4 Å². The second kappa shape index (κ2) is 7.97. The average Bonchev–Trinajstić information content (AvgIpc) is 2.18. The molecule has 0 aromatic carbocycles. The van der Waals surface area contributed by atoms with Crippen molar-refractivity contribution in [3.63, 3.8) is 0 Å². The van der Waals surface area contributed by atoms with Crippen molar-refractivity contribution in [3.8, 4) is 0 Å². The smallest absolute Gasteiger partial charge is 0.338 e. The molecule has 0 aromatic rings. The van der Waals surface area contributed by atoms with Gasteiger partial charge in [0.25, 0.3) is 0 Å². The maximum Gasteiger partial charge on any atom is 0.338 e. The lowest BCUT2D eigenvalue weighted by molar-refractivity contribution is 0.265. The van der Waals surface area contributed by atoms with Crippen LogP contribution in [0.2, 0.25) is 58.9 Å². The van der Waals surface area contributed by atoms with Crippen molar-refractivity contribution in [2.75, 3.05) is 19.1 Å². The molecule has 0 radical (unpaired) electrons. The summed E-state index contributed by atoms with van der Waals surface area (Å²) in [6, 6.07) is 0. The zero-order valence-electron chi connectivity index (χ0n) is 15.4. The van der Waals surface area contributed by atoms with Gasteiger partial charge in [-0.3, -0.25) is 0 Å². The molecule has 0 aliphatic carbocycles. The van der Waals surface area contributed by atoms with Crippen LogP contribution in [0.4, 0.5) is 0 Å². The molecule has 21 heavy (non-hydrogen) atoms. The highest BCUT2D eigenvalue weighted by Crippen LogP contribution is 2.19. The normalized spacial score (nSPS) is 16.9. The lowest BCUT2D eigenvalue weighted by Crippen LogP contribution is -2.58. The number of hydrogen-bond donors (Lipinski definition) is 2. The van der Waals surface area contributed by atoms with Crippen LogP contribution in [-0.2, 0) is 12.7 Å². The van der Waals surface area contributed by atoms with Crippen LogP contribution in [0, 0.1) is 0 Å². The maximum absolute atomic E-state index is 6.37. The Kier molecular flexibility index (Phi) is 8.23. The van der Waals surface area contributed by atoms with E-state index in [1.54, 1.807) is 0 Å². The molecule has 0 amide bonds. The molecule has 0 spiro atoms. The predicted molar refractivity (Wildman–Crippen MR) is 101 cm³/mol. The lowest BCUT2D eigenvalue weighted by atomic mass is 11.1. The number of hydrogen-bond acceptors (Lipinski definition) is 5. The molecule has 0 rings (SSSR count). The molecule has 5 nitrogen and oxygen atoms in total. The molecule has 0 fully saturated rings. The van der Waals surface area contributed by atoms with Crippen LogP contribution in [0.1, 0.15) is 0 Å². The fraction of sp³-hybridized carbons (Fsp3) is 1.00. The van der Waals surface area contributed by atoms with E-state index in [0.717, 1.165) is 6.17 Å². The monoisotopic (exact) mass is 368 g/mol. The van der Waals surface area contributed by atoms with Gasteiger partial charge < -0.3 is 23.7 Å². The Morgan fingerprint density at radius 2 is 1.29 bits per heavy atom. The van der Waals surface area contributed by atoms with Crippen molar-refractivity contribution in [2.45, 2.75) is 58.9 Å². The minimum absolute atomic E-state index is 0.452. The highest BCUT2D eigenvalue weighted by molar-refractivity contribution is 6.85. The van der Waals surface area contributed by atoms with Gasteiger partial charge in [0, 0.05) is 12.8 Å². The number of rotatable bonds is 10. The molecule has 9 heteroatoms. The van der Waals surface area contributed by atoms with E-state index in [2.05, 4.69) is 64.2 Å². The first kappa shape index (κ1) is 21.7. The SMILES string of the molecule is C[Si](C)(C)O[Si](C)(C)CO[Si](C)(CNCN)O[Si](C)(C)C. The van der Waals surface area contributed by atoms with Crippen LogP contribution < -0.4 is 11.1 Å². The zero-order chi connectivity index (χ0) is 16.9. The minimum atomic E-state index is -2.25. The van der Waals surface area contributed by atoms with E-state index in [9.17, 15) is 0 Å². The van der Waals surface area contributed by atoms with E-state index in [0.29, 0.717) is 12.9 Å². The summed E-state index contributed by atoms with van der Waals surface area (Å²) >= 11 is 0. The first-order valence-electron chi connectivity index (χ1n) is 7.63. The maximum atomic E-state index is 6.37. The Hall–Kier alpha value is 0.668. The summed E-state index contributed by atoms with van der Waals surface area (Å²) in [6.45, 7) is 20.3. The van der Waals surface area contributed by atoms with Crippen molar-refractivity contribution in [2.24, 2.45) is 5.73 Å². The van der Waals surface area contributed by atoms with Gasteiger partial charge in [0.2, 0.25) is 0 Å². The molecule has 1 atom stereocenters. The van der Waals surface area contributed by atoms with Crippen LogP contribution in [0.15, 0.2) is 0 Å². The highest BCUT2D eigenvalue weighted by Gasteiger charge is 2.39. The second-order valence-electron chi connectivity index (χ2n) is 8.24. The second-order valence-corrected chi connectivity index (χ2v) is 25.0. The summed E-state index contributed by atoms with van der Waals surface area (Å²) in [5.74, 6) is 0. The number of nitrogens with one attached hydrogen (secondary N) is 1. The molecule has 0 heterocycles. The van der Waals surface area contributed by atoms with Gasteiger partial charge in [0.05, 0.1) is 6.23 Å². The number of nitrogens with two attached hydrogens (primary N) is 1. The molecule has 0 aromatic heterocycles. The summed E-state index contributed by atoms with van der Waals surface area (Å²) in [6.07, 6.45) is 1.42. The Morgan fingerprint density at radius 3 is 1.67 bits per heavy atom. The fourth-order valence-electron chi connectivity index (χ4n) is 2.25. The third-order valence-corrected chi connectivity index (χ3v) is 14.0. The Balaban J connectivity index is 4.74. The molecule has 0 saturated heterocycles. The van der Waals surface area contributed by atoms with Crippen molar-refractivity contribution in [1.82, 2.24) is 5.32 Å². The van der Waals surface area contributed by atoms with Gasteiger partial charge in [0.1, 0.15) is 0 Å². The quantitative estimate of drug-likeness (QED) is 0.458. The van der Waals surface area contributed by atoms with Crippen molar-refractivity contribution in [1.29, 1.82) is 0 Å². The Bertz CT molecular complexity index is 319. The van der Waals surface area contributed by atoms with Gasteiger partial charge in [-0.1, -0.05) is 0 Å². The molecule has 0 aliphatic heterocycles. The Labute approximate surface area is 135 Å². The molecule has 0 saturated carbocycles. The topological polar surface area (TPSA) is 65.7 Å². The first-order valence-corrected chi connectivity index (χ1v) is 20.1. The van der Waals surface area contributed by atoms with Gasteiger partial charge in [0.15, 0.2) is 25.0 Å². The van der Waals surface area contributed by atoms with Crippen LogP contribution >= 0.6 is 0 Å². The van der Waals surface area contributed by atoms with Crippen LogP contribution in [-0.4, -0.2) is 52.6 Å². The molecular formula is C12H36N2O3Si4. The summed E-state index contributed by atoms with van der Waals surface area (Å²) < 4.78 is 19.0. The van der Waals surface area contributed by atoms with E-state index in [1.807, 2.05) is 0 Å². The third-order valence-electron chi connectivity index (χ3n) is 2.42. The molecular weight excluding hydrogens is 332 g/mol. The molecule has 0 aliphatic rings. The van der Waals surface area contributed by atoms with Gasteiger partial charge in [-0.15, -0.1) is 0 Å². The zero-order valence-corrected chi connectivity index (χ0v) is 19.4. The van der Waals surface area contributed by atoms with Crippen LogP contribution in [0.5, 0.6) is 0 Å².